The van der Waals surface area contributed by atoms with Crippen molar-refractivity contribution in [2.24, 2.45) is 0 Å². The molecule has 2 rings (SSSR count). The average Bonchev–Trinajstić information content (AvgIpc) is 2.42. The first kappa shape index (κ1) is 16.5. The van der Waals surface area contributed by atoms with Gasteiger partial charge >= 0.3 is 0 Å². The van der Waals surface area contributed by atoms with Crippen molar-refractivity contribution in [2.45, 2.75) is 17.6 Å². The summed E-state index contributed by atoms with van der Waals surface area (Å²) in [6.07, 6.45) is 0. The number of hydrogen-bond donors (Lipinski definition) is 1. The molecule has 2 aromatic rings. The van der Waals surface area contributed by atoms with Crippen LogP contribution >= 0.6 is 46.6 Å². The Hall–Kier alpha value is -0.870. The topological polar surface area (TPSA) is 37.3 Å². The largest absolute Gasteiger partial charge is 0.507 e. The first-order valence-corrected chi connectivity index (χ1v) is 8.10. The van der Waals surface area contributed by atoms with Crippen LogP contribution < -0.4 is 0 Å². The molecule has 0 saturated carbocycles. The van der Waals surface area contributed by atoms with Gasteiger partial charge < -0.3 is 5.11 Å². The van der Waals surface area contributed by atoms with Crippen LogP contribution in [0, 0.1) is 0 Å². The Morgan fingerprint density at radius 2 is 1.86 bits per heavy atom. The molecule has 0 bridgehead atoms. The van der Waals surface area contributed by atoms with E-state index in [4.69, 9.17) is 34.8 Å². The lowest BCUT2D eigenvalue weighted by molar-refractivity contribution is 0.101. The highest BCUT2D eigenvalue weighted by Gasteiger charge is 2.13. The van der Waals surface area contributed by atoms with Crippen LogP contribution in [0.15, 0.2) is 35.2 Å². The molecule has 6 heteroatoms. The summed E-state index contributed by atoms with van der Waals surface area (Å²) in [5.74, 6) is 0.209. The van der Waals surface area contributed by atoms with Crippen molar-refractivity contribution in [3.05, 3.63) is 56.5 Å². The zero-order valence-corrected chi connectivity index (χ0v) is 14.1. The summed E-state index contributed by atoms with van der Waals surface area (Å²) >= 11 is 19.3. The number of halogens is 3. The number of aromatic hydroxyl groups is 1. The molecule has 0 aliphatic carbocycles. The van der Waals surface area contributed by atoms with E-state index in [9.17, 15) is 9.90 Å². The minimum atomic E-state index is -0.226. The number of thioether (sulfide) groups is 1. The Kier molecular flexibility index (Phi) is 5.44. The minimum Gasteiger partial charge on any atom is -0.507 e. The first-order valence-electron chi connectivity index (χ1n) is 5.98. The van der Waals surface area contributed by atoms with Gasteiger partial charge in [0.15, 0.2) is 5.78 Å². The average molecular weight is 362 g/mol. The van der Waals surface area contributed by atoms with Gasteiger partial charge in [0, 0.05) is 21.2 Å². The van der Waals surface area contributed by atoms with Gasteiger partial charge in [0.25, 0.3) is 0 Å². The molecule has 0 heterocycles. The molecule has 0 saturated heterocycles. The number of phenolic OH excluding ortho intramolecular Hbond substituents is 1. The number of carbonyl (C=O) groups excluding carboxylic acids is 1. The van der Waals surface area contributed by atoms with E-state index < -0.39 is 0 Å². The molecule has 0 amide bonds. The first-order chi connectivity index (χ1) is 9.88. The summed E-state index contributed by atoms with van der Waals surface area (Å²) in [5, 5.41) is 11.5. The zero-order valence-electron chi connectivity index (χ0n) is 11.0. The second kappa shape index (κ2) is 6.93. The fraction of sp³-hybridized carbons (Fsp3) is 0.133. The minimum absolute atomic E-state index is 0.0283. The highest BCUT2D eigenvalue weighted by Crippen LogP contribution is 2.34. The van der Waals surface area contributed by atoms with Gasteiger partial charge in [-0.1, -0.05) is 34.8 Å². The summed E-state index contributed by atoms with van der Waals surface area (Å²) < 4.78 is 0. The molecule has 0 fully saturated rings. The molecule has 2 aromatic carbocycles. The van der Waals surface area contributed by atoms with Crippen molar-refractivity contribution in [3.63, 3.8) is 0 Å². The molecule has 0 aliphatic rings. The summed E-state index contributed by atoms with van der Waals surface area (Å²) in [6.45, 7) is 1.39. The molecule has 21 heavy (non-hydrogen) atoms. The Labute approximate surface area is 142 Å². The van der Waals surface area contributed by atoms with Gasteiger partial charge in [0.05, 0.1) is 15.6 Å². The second-order valence-corrected chi connectivity index (χ2v) is 6.68. The number of rotatable bonds is 4. The van der Waals surface area contributed by atoms with Gasteiger partial charge in [-0.05, 0) is 37.3 Å². The van der Waals surface area contributed by atoms with Crippen LogP contribution in [-0.4, -0.2) is 10.9 Å². The number of hydrogen-bond acceptors (Lipinski definition) is 3. The van der Waals surface area contributed by atoms with Crippen molar-refractivity contribution in [2.75, 3.05) is 0 Å². The van der Waals surface area contributed by atoms with E-state index in [0.717, 1.165) is 4.90 Å². The van der Waals surface area contributed by atoms with Crippen molar-refractivity contribution in [1.82, 2.24) is 0 Å². The molecule has 2 nitrogen and oxygen atoms in total. The maximum absolute atomic E-state index is 11.5. The Morgan fingerprint density at radius 1 is 1.14 bits per heavy atom. The van der Waals surface area contributed by atoms with E-state index in [1.54, 1.807) is 18.2 Å². The van der Waals surface area contributed by atoms with Gasteiger partial charge in [-0.3, -0.25) is 4.79 Å². The third-order valence-corrected chi connectivity index (χ3v) is 4.82. The molecule has 0 aromatic heterocycles. The third kappa shape index (κ3) is 4.07. The zero-order chi connectivity index (χ0) is 15.6. The van der Waals surface area contributed by atoms with Crippen LogP contribution in [0.25, 0.3) is 0 Å². The van der Waals surface area contributed by atoms with Crippen molar-refractivity contribution < 1.29 is 9.90 Å². The van der Waals surface area contributed by atoms with Gasteiger partial charge in [-0.25, -0.2) is 0 Å². The molecule has 0 unspecified atom stereocenters. The van der Waals surface area contributed by atoms with Crippen LogP contribution in [0.4, 0.5) is 0 Å². The maximum atomic E-state index is 11.5. The molecule has 0 atom stereocenters. The molecule has 110 valence electrons. The molecule has 1 N–H and O–H groups in total. The van der Waals surface area contributed by atoms with Crippen LogP contribution in [0.5, 0.6) is 5.75 Å². The normalized spacial score (nSPS) is 10.7. The highest BCUT2D eigenvalue weighted by atomic mass is 35.5. The number of phenols is 1. The molecular formula is C15H11Cl3O2S. The molecular weight excluding hydrogens is 351 g/mol. The Morgan fingerprint density at radius 3 is 2.48 bits per heavy atom. The summed E-state index contributed by atoms with van der Waals surface area (Å²) in [4.78, 5) is 12.4. The van der Waals surface area contributed by atoms with Crippen LogP contribution in [-0.2, 0) is 5.75 Å². The highest BCUT2D eigenvalue weighted by molar-refractivity contribution is 7.98. The van der Waals surface area contributed by atoms with E-state index in [1.165, 1.54) is 24.8 Å². The number of benzene rings is 2. The molecule has 0 aliphatic heterocycles. The smallest absolute Gasteiger partial charge is 0.163 e. The number of ketones is 1. The van der Waals surface area contributed by atoms with Gasteiger partial charge in [0.1, 0.15) is 5.75 Å². The maximum Gasteiger partial charge on any atom is 0.163 e. The van der Waals surface area contributed by atoms with E-state index >= 15 is 0 Å². The standard InChI is InChI=1S/C15H11Cl3O2S/c1-8(19)12-5-10(16)4-9(15(12)20)7-21-11-2-3-13(17)14(18)6-11/h2-6,20H,7H2,1H3. The van der Waals surface area contributed by atoms with Gasteiger partial charge in [-0.15, -0.1) is 11.8 Å². The lowest BCUT2D eigenvalue weighted by Crippen LogP contribution is -1.96. The number of Topliss-reactive ketones (excluding diaryl/α,β-unsaturated/α-hetero) is 1. The lowest BCUT2D eigenvalue weighted by Gasteiger charge is -2.09. The van der Waals surface area contributed by atoms with Crippen LogP contribution in [0.2, 0.25) is 15.1 Å². The molecule has 0 radical (unpaired) electrons. The van der Waals surface area contributed by atoms with Gasteiger partial charge in [0.2, 0.25) is 0 Å². The Balaban J connectivity index is 2.23. The predicted octanol–water partition coefficient (Wildman–Crippen LogP) is 5.85. The SMILES string of the molecule is CC(=O)c1cc(Cl)cc(CSc2ccc(Cl)c(Cl)c2)c1O. The van der Waals surface area contributed by atoms with Crippen LogP contribution in [0.3, 0.4) is 0 Å². The van der Waals surface area contributed by atoms with E-state index in [2.05, 4.69) is 0 Å². The third-order valence-electron chi connectivity index (χ3n) is 2.82. The second-order valence-electron chi connectivity index (χ2n) is 4.38. The monoisotopic (exact) mass is 360 g/mol. The summed E-state index contributed by atoms with van der Waals surface area (Å²) in [7, 11) is 0. The van der Waals surface area contributed by atoms with E-state index in [1.807, 2.05) is 6.07 Å². The number of carbonyl (C=O) groups is 1. The van der Waals surface area contributed by atoms with Crippen LogP contribution in [0.1, 0.15) is 22.8 Å². The predicted molar refractivity (Wildman–Crippen MR) is 89.1 cm³/mol. The van der Waals surface area contributed by atoms with Crippen molar-refractivity contribution >= 4 is 52.3 Å². The fourth-order valence-electron chi connectivity index (χ4n) is 1.76. The quantitative estimate of drug-likeness (QED) is 0.548. The summed E-state index contributed by atoms with van der Waals surface area (Å²) in [5.41, 5.74) is 0.830. The summed E-state index contributed by atoms with van der Waals surface area (Å²) in [6, 6.07) is 8.42. The van der Waals surface area contributed by atoms with Crippen molar-refractivity contribution in [3.8, 4) is 5.75 Å². The van der Waals surface area contributed by atoms with E-state index in [0.29, 0.717) is 26.4 Å². The molecule has 0 spiro atoms. The van der Waals surface area contributed by atoms with E-state index in [-0.39, 0.29) is 17.1 Å². The lowest BCUT2D eigenvalue weighted by atomic mass is 10.1. The Bertz CT molecular complexity index is 702. The van der Waals surface area contributed by atoms with Gasteiger partial charge in [-0.2, -0.15) is 0 Å². The van der Waals surface area contributed by atoms with Crippen molar-refractivity contribution in [1.29, 1.82) is 0 Å². The fourth-order valence-corrected chi connectivity index (χ4v) is 3.27.